The highest BCUT2D eigenvalue weighted by Gasteiger charge is 2.15. The Bertz CT molecular complexity index is 464. The molecule has 2 N–H and O–H groups in total. The third kappa shape index (κ3) is 6.08. The Hall–Kier alpha value is -1.53. The minimum absolute atomic E-state index is 0.128. The van der Waals surface area contributed by atoms with Gasteiger partial charge in [-0.25, -0.2) is 4.79 Å². The number of aryl methyl sites for hydroxylation is 1. The number of esters is 1. The topological polar surface area (TPSA) is 75.6 Å². The molecule has 0 fully saturated rings. The Morgan fingerprint density at radius 2 is 2.20 bits per heavy atom. The summed E-state index contributed by atoms with van der Waals surface area (Å²) in [5, 5.41) is 11.8. The molecule has 0 bridgehead atoms. The Kier molecular flexibility index (Phi) is 7.11. The lowest BCUT2D eigenvalue weighted by molar-refractivity contribution is -0.150. The van der Waals surface area contributed by atoms with E-state index in [2.05, 4.69) is 16.1 Å². The molecule has 0 aliphatic heterocycles. The first-order valence-corrected chi connectivity index (χ1v) is 7.34. The van der Waals surface area contributed by atoms with Crippen molar-refractivity contribution in [3.63, 3.8) is 0 Å². The molecule has 5 nitrogen and oxygen atoms in total. The van der Waals surface area contributed by atoms with E-state index in [-0.39, 0.29) is 18.2 Å². The maximum atomic E-state index is 11.5. The van der Waals surface area contributed by atoms with Gasteiger partial charge >= 0.3 is 5.97 Å². The normalized spacial score (nSPS) is 11.8. The number of benzene rings is 1. The molecular formula is C14H19NO4S. The average Bonchev–Trinajstić information content (AvgIpc) is 2.44. The number of carbonyl (C=O) groups excluding carboxylic acids is 2. The number of hydrogen-bond donors (Lipinski definition) is 2. The molecule has 20 heavy (non-hydrogen) atoms. The minimum atomic E-state index is -1.31. The van der Waals surface area contributed by atoms with E-state index in [1.54, 1.807) is 0 Å². The largest absolute Gasteiger partial charge is 0.467 e. The van der Waals surface area contributed by atoms with Crippen LogP contribution < -0.4 is 5.32 Å². The summed E-state index contributed by atoms with van der Waals surface area (Å²) in [6, 6.07) is 8.10. The molecule has 0 aliphatic rings. The van der Waals surface area contributed by atoms with Crippen molar-refractivity contribution in [2.75, 3.05) is 19.4 Å². The second-order valence-electron chi connectivity index (χ2n) is 4.32. The third-order valence-electron chi connectivity index (χ3n) is 2.55. The molecule has 1 rings (SSSR count). The molecule has 0 aliphatic carbocycles. The van der Waals surface area contributed by atoms with Crippen LogP contribution in [-0.4, -0.2) is 42.5 Å². The first-order valence-electron chi connectivity index (χ1n) is 6.19. The van der Waals surface area contributed by atoms with Gasteiger partial charge in [-0.2, -0.15) is 0 Å². The number of rotatable bonds is 7. The average molecular weight is 297 g/mol. The monoisotopic (exact) mass is 297 g/mol. The van der Waals surface area contributed by atoms with E-state index >= 15 is 0 Å². The van der Waals surface area contributed by atoms with Crippen LogP contribution in [0.25, 0.3) is 0 Å². The summed E-state index contributed by atoms with van der Waals surface area (Å²) < 4.78 is 4.35. The molecule has 110 valence electrons. The van der Waals surface area contributed by atoms with Crippen molar-refractivity contribution in [2.45, 2.75) is 18.8 Å². The van der Waals surface area contributed by atoms with Gasteiger partial charge in [-0.1, -0.05) is 29.8 Å². The van der Waals surface area contributed by atoms with Crippen LogP contribution in [0.5, 0.6) is 0 Å². The van der Waals surface area contributed by atoms with Crippen LogP contribution in [0.1, 0.15) is 11.1 Å². The molecule has 6 heteroatoms. The van der Waals surface area contributed by atoms with Crippen molar-refractivity contribution in [1.29, 1.82) is 0 Å². The van der Waals surface area contributed by atoms with Crippen molar-refractivity contribution < 1.29 is 19.4 Å². The molecule has 1 aromatic carbocycles. The van der Waals surface area contributed by atoms with E-state index in [0.717, 1.165) is 11.3 Å². The second kappa shape index (κ2) is 8.60. The number of carbonyl (C=O) groups is 2. The molecule has 0 aromatic heterocycles. The van der Waals surface area contributed by atoms with Gasteiger partial charge in [0.2, 0.25) is 5.91 Å². The van der Waals surface area contributed by atoms with Crippen LogP contribution in [0.15, 0.2) is 24.3 Å². The van der Waals surface area contributed by atoms with Crippen molar-refractivity contribution >= 4 is 23.6 Å². The lowest BCUT2D eigenvalue weighted by atomic mass is 10.2. The fourth-order valence-electron chi connectivity index (χ4n) is 1.54. The zero-order valence-electron chi connectivity index (χ0n) is 11.6. The smallest absolute Gasteiger partial charge is 0.336 e. The highest BCUT2D eigenvalue weighted by atomic mass is 32.2. The van der Waals surface area contributed by atoms with Crippen LogP contribution in [0.2, 0.25) is 0 Å². The number of nitrogens with one attached hydrogen (secondary N) is 1. The highest BCUT2D eigenvalue weighted by Crippen LogP contribution is 2.13. The van der Waals surface area contributed by atoms with Gasteiger partial charge in [0, 0.05) is 5.75 Å². The molecule has 0 saturated carbocycles. The van der Waals surface area contributed by atoms with Gasteiger partial charge in [-0.3, -0.25) is 4.79 Å². The van der Waals surface area contributed by atoms with Gasteiger partial charge in [0.15, 0.2) is 6.10 Å². The van der Waals surface area contributed by atoms with Gasteiger partial charge in [-0.05, 0) is 12.5 Å². The number of amides is 1. The summed E-state index contributed by atoms with van der Waals surface area (Å²) in [4.78, 5) is 22.4. The van der Waals surface area contributed by atoms with E-state index < -0.39 is 12.1 Å². The lowest BCUT2D eigenvalue weighted by Gasteiger charge is -2.09. The van der Waals surface area contributed by atoms with Gasteiger partial charge < -0.3 is 15.2 Å². The van der Waals surface area contributed by atoms with Crippen LogP contribution in [0.3, 0.4) is 0 Å². The van der Waals surface area contributed by atoms with E-state index in [0.29, 0.717) is 0 Å². The fraction of sp³-hybridized carbons (Fsp3) is 0.429. The van der Waals surface area contributed by atoms with E-state index in [9.17, 15) is 14.7 Å². The maximum absolute atomic E-state index is 11.5. The van der Waals surface area contributed by atoms with E-state index in [4.69, 9.17) is 0 Å². The maximum Gasteiger partial charge on any atom is 0.336 e. The van der Waals surface area contributed by atoms with Gasteiger partial charge in [0.25, 0.3) is 0 Å². The molecule has 0 spiro atoms. The van der Waals surface area contributed by atoms with Crippen molar-refractivity contribution in [3.8, 4) is 0 Å². The molecule has 1 unspecified atom stereocenters. The van der Waals surface area contributed by atoms with Crippen molar-refractivity contribution in [1.82, 2.24) is 5.32 Å². The number of aliphatic hydroxyl groups is 1. The Balaban J connectivity index is 2.22. The zero-order valence-corrected chi connectivity index (χ0v) is 12.4. The summed E-state index contributed by atoms with van der Waals surface area (Å²) in [6.45, 7) is 1.89. The second-order valence-corrected chi connectivity index (χ2v) is 5.31. The molecule has 0 radical (unpaired) electrons. The SMILES string of the molecule is COC(=O)C(O)CNC(=O)CSCc1cccc(C)c1. The summed E-state index contributed by atoms with van der Waals surface area (Å²) in [7, 11) is 1.19. The van der Waals surface area contributed by atoms with Crippen molar-refractivity contribution in [2.24, 2.45) is 0 Å². The van der Waals surface area contributed by atoms with Crippen LogP contribution >= 0.6 is 11.8 Å². The Morgan fingerprint density at radius 3 is 2.85 bits per heavy atom. The highest BCUT2D eigenvalue weighted by molar-refractivity contribution is 7.99. The number of hydrogen-bond acceptors (Lipinski definition) is 5. The number of thioether (sulfide) groups is 1. The first-order chi connectivity index (χ1) is 9.52. The number of ether oxygens (including phenoxy) is 1. The summed E-state index contributed by atoms with van der Waals surface area (Å²) >= 11 is 1.48. The van der Waals surface area contributed by atoms with Gasteiger partial charge in [0.1, 0.15) is 0 Å². The first kappa shape index (κ1) is 16.5. The summed E-state index contributed by atoms with van der Waals surface area (Å²) in [6.07, 6.45) is -1.31. The Labute approximate surface area is 122 Å². The van der Waals surface area contributed by atoms with Crippen LogP contribution in [0.4, 0.5) is 0 Å². The number of aliphatic hydroxyl groups excluding tert-OH is 1. The van der Waals surface area contributed by atoms with E-state index in [1.165, 1.54) is 24.4 Å². The van der Waals surface area contributed by atoms with Crippen molar-refractivity contribution in [3.05, 3.63) is 35.4 Å². The Morgan fingerprint density at radius 1 is 1.45 bits per heavy atom. The zero-order chi connectivity index (χ0) is 15.0. The summed E-state index contributed by atoms with van der Waals surface area (Å²) in [5.74, 6) is 0.0551. The predicted molar refractivity (Wildman–Crippen MR) is 78.4 cm³/mol. The molecule has 0 saturated heterocycles. The number of methoxy groups -OCH3 is 1. The lowest BCUT2D eigenvalue weighted by Crippen LogP contribution is -2.37. The molecule has 1 amide bonds. The molecule has 1 atom stereocenters. The quantitative estimate of drug-likeness (QED) is 0.731. The minimum Gasteiger partial charge on any atom is -0.467 e. The van der Waals surface area contributed by atoms with Crippen LogP contribution in [0, 0.1) is 6.92 Å². The van der Waals surface area contributed by atoms with Gasteiger partial charge in [-0.15, -0.1) is 11.8 Å². The van der Waals surface area contributed by atoms with Crippen LogP contribution in [-0.2, 0) is 20.1 Å². The molecular weight excluding hydrogens is 278 g/mol. The summed E-state index contributed by atoms with van der Waals surface area (Å²) in [5.41, 5.74) is 2.35. The predicted octanol–water partition coefficient (Wildman–Crippen LogP) is 0.878. The molecule has 0 heterocycles. The fourth-order valence-corrected chi connectivity index (χ4v) is 2.35. The standard InChI is InChI=1S/C14H19NO4S/c1-10-4-3-5-11(6-10)8-20-9-13(17)15-7-12(16)14(18)19-2/h3-6,12,16H,7-9H2,1-2H3,(H,15,17). The van der Waals surface area contributed by atoms with E-state index in [1.807, 2.05) is 25.1 Å². The third-order valence-corrected chi connectivity index (χ3v) is 3.55. The molecule has 1 aromatic rings. The van der Waals surface area contributed by atoms with Gasteiger partial charge in [0.05, 0.1) is 19.4 Å².